The van der Waals surface area contributed by atoms with Crippen molar-refractivity contribution in [2.24, 2.45) is 29.6 Å². The van der Waals surface area contributed by atoms with E-state index in [0.29, 0.717) is 5.92 Å². The summed E-state index contributed by atoms with van der Waals surface area (Å²) in [5, 5.41) is 0. The monoisotopic (exact) mass is 404 g/mol. The van der Waals surface area contributed by atoms with Crippen molar-refractivity contribution in [1.29, 1.82) is 0 Å². The smallest absolute Gasteiger partial charge is 0.190 e. The second-order valence-electron chi connectivity index (χ2n) is 10.2. The van der Waals surface area contributed by atoms with Crippen molar-refractivity contribution in [2.75, 3.05) is 7.11 Å². The molecular formula is C26H38F2O. The summed E-state index contributed by atoms with van der Waals surface area (Å²) in [4.78, 5) is 0. The van der Waals surface area contributed by atoms with Crippen LogP contribution in [0.25, 0.3) is 0 Å². The van der Waals surface area contributed by atoms with E-state index in [-0.39, 0.29) is 5.75 Å². The first-order chi connectivity index (χ1) is 14.1. The molecule has 0 aromatic heterocycles. The molecule has 0 saturated heterocycles. The van der Waals surface area contributed by atoms with Crippen molar-refractivity contribution >= 4 is 0 Å². The average molecular weight is 405 g/mol. The Labute approximate surface area is 175 Å². The molecule has 3 fully saturated rings. The minimum absolute atomic E-state index is 0.253. The standard InChI is InChI=1S/C26H38F2O/c1-3-4-17-5-7-18(8-6-17)19-9-10-21-14-22(12-11-20(21)13-19)23-15-24(27)26(29-2)25(28)16-23/h15-22H,3-14H2,1-2H3/t17-,18-,19-,20-,21-,22-/m1/s1. The van der Waals surface area contributed by atoms with Gasteiger partial charge in [0, 0.05) is 0 Å². The molecule has 1 nitrogen and oxygen atoms in total. The highest BCUT2D eigenvalue weighted by Gasteiger charge is 2.39. The van der Waals surface area contributed by atoms with Crippen LogP contribution in [0.1, 0.15) is 95.5 Å². The Morgan fingerprint density at radius 1 is 0.793 bits per heavy atom. The van der Waals surface area contributed by atoms with Crippen molar-refractivity contribution in [3.8, 4) is 5.75 Å². The van der Waals surface area contributed by atoms with Crippen LogP contribution in [-0.2, 0) is 0 Å². The molecule has 0 aliphatic heterocycles. The van der Waals surface area contributed by atoms with Crippen LogP contribution < -0.4 is 4.74 Å². The maximum atomic E-state index is 14.2. The second kappa shape index (κ2) is 9.35. The molecule has 3 saturated carbocycles. The highest BCUT2D eigenvalue weighted by Crippen LogP contribution is 2.51. The number of benzene rings is 1. The van der Waals surface area contributed by atoms with Gasteiger partial charge in [0.25, 0.3) is 0 Å². The number of rotatable bonds is 5. The molecule has 3 aliphatic rings. The first-order valence-electron chi connectivity index (χ1n) is 12.1. The highest BCUT2D eigenvalue weighted by atomic mass is 19.1. The first kappa shape index (κ1) is 21.1. The molecule has 0 spiro atoms. The third-order valence-electron chi connectivity index (χ3n) is 8.60. The topological polar surface area (TPSA) is 9.23 Å². The molecule has 0 bridgehead atoms. The van der Waals surface area contributed by atoms with Crippen molar-refractivity contribution in [2.45, 2.75) is 89.9 Å². The maximum absolute atomic E-state index is 14.2. The Bertz CT molecular complexity index is 656. The fraction of sp³-hybridized carbons (Fsp3) is 0.769. The van der Waals surface area contributed by atoms with E-state index in [2.05, 4.69) is 6.92 Å². The largest absolute Gasteiger partial charge is 0.491 e. The van der Waals surface area contributed by atoms with Crippen LogP contribution in [-0.4, -0.2) is 7.11 Å². The van der Waals surface area contributed by atoms with E-state index in [9.17, 15) is 8.78 Å². The summed E-state index contributed by atoms with van der Waals surface area (Å²) in [6, 6.07) is 3.01. The molecule has 1 aromatic rings. The summed E-state index contributed by atoms with van der Waals surface area (Å²) in [5.41, 5.74) is 0.829. The number of hydrogen-bond acceptors (Lipinski definition) is 1. The maximum Gasteiger partial charge on any atom is 0.190 e. The Kier molecular flexibility index (Phi) is 6.81. The van der Waals surface area contributed by atoms with Crippen LogP contribution >= 0.6 is 0 Å². The van der Waals surface area contributed by atoms with Crippen molar-refractivity contribution in [3.05, 3.63) is 29.3 Å². The van der Waals surface area contributed by atoms with Crippen LogP contribution in [0.3, 0.4) is 0 Å². The van der Waals surface area contributed by atoms with E-state index in [4.69, 9.17) is 4.74 Å². The van der Waals surface area contributed by atoms with E-state index in [1.807, 2.05) is 0 Å². The number of ether oxygens (including phenoxy) is 1. The zero-order valence-electron chi connectivity index (χ0n) is 18.3. The summed E-state index contributed by atoms with van der Waals surface area (Å²) < 4.78 is 33.2. The summed E-state index contributed by atoms with van der Waals surface area (Å²) in [5.74, 6) is 3.40. The lowest BCUT2D eigenvalue weighted by Gasteiger charge is -2.45. The quantitative estimate of drug-likeness (QED) is 0.485. The lowest BCUT2D eigenvalue weighted by Crippen LogP contribution is -2.34. The van der Waals surface area contributed by atoms with Gasteiger partial charge in [0.05, 0.1) is 7.11 Å². The summed E-state index contributed by atoms with van der Waals surface area (Å²) >= 11 is 0. The number of halogens is 2. The molecule has 29 heavy (non-hydrogen) atoms. The van der Waals surface area contributed by atoms with Gasteiger partial charge in [-0.25, -0.2) is 8.78 Å². The lowest BCUT2D eigenvalue weighted by atomic mass is 9.60. The van der Waals surface area contributed by atoms with E-state index < -0.39 is 11.6 Å². The molecule has 4 rings (SSSR count). The van der Waals surface area contributed by atoms with Gasteiger partial charge < -0.3 is 4.74 Å². The van der Waals surface area contributed by atoms with E-state index in [0.717, 1.165) is 48.0 Å². The molecule has 0 heterocycles. The third kappa shape index (κ3) is 4.64. The van der Waals surface area contributed by atoms with Crippen LogP contribution in [0.5, 0.6) is 5.75 Å². The number of hydrogen-bond donors (Lipinski definition) is 0. The molecule has 0 unspecified atom stereocenters. The zero-order valence-corrected chi connectivity index (χ0v) is 18.3. The van der Waals surface area contributed by atoms with Crippen LogP contribution in [0, 0.1) is 41.2 Å². The predicted octanol–water partition coefficient (Wildman–Crippen LogP) is 7.88. The van der Waals surface area contributed by atoms with E-state index in [1.54, 1.807) is 0 Å². The van der Waals surface area contributed by atoms with Crippen molar-refractivity contribution < 1.29 is 13.5 Å². The summed E-state index contributed by atoms with van der Waals surface area (Å²) in [6.07, 6.45) is 16.1. The fourth-order valence-electron chi connectivity index (χ4n) is 7.02. The molecule has 1 aromatic carbocycles. The van der Waals surface area contributed by atoms with Crippen molar-refractivity contribution in [3.63, 3.8) is 0 Å². The van der Waals surface area contributed by atoms with Gasteiger partial charge in [-0.3, -0.25) is 0 Å². The Morgan fingerprint density at radius 2 is 1.34 bits per heavy atom. The molecule has 0 radical (unpaired) electrons. The second-order valence-corrected chi connectivity index (χ2v) is 10.2. The third-order valence-corrected chi connectivity index (χ3v) is 8.60. The highest BCUT2D eigenvalue weighted by molar-refractivity contribution is 5.33. The predicted molar refractivity (Wildman–Crippen MR) is 114 cm³/mol. The van der Waals surface area contributed by atoms with Gasteiger partial charge in [-0.05, 0) is 105 Å². The summed E-state index contributed by atoms with van der Waals surface area (Å²) in [7, 11) is 1.32. The normalized spacial score (nSPS) is 35.2. The van der Waals surface area contributed by atoms with Crippen LogP contribution in [0.2, 0.25) is 0 Å². The SMILES string of the molecule is CCC[C@H]1CC[C@H]([C@@H]2CC[C@@H]3C[C@H](c4cc(F)c(OC)c(F)c4)CC[C@@H]3C2)CC1. The minimum Gasteiger partial charge on any atom is -0.491 e. The minimum atomic E-state index is -0.563. The lowest BCUT2D eigenvalue weighted by molar-refractivity contribution is 0.0711. The van der Waals surface area contributed by atoms with Gasteiger partial charge in [-0.2, -0.15) is 0 Å². The summed E-state index contributed by atoms with van der Waals surface area (Å²) in [6.45, 7) is 2.32. The molecule has 3 aliphatic carbocycles. The van der Waals surface area contributed by atoms with Crippen molar-refractivity contribution in [1.82, 2.24) is 0 Å². The number of fused-ring (bicyclic) bond motifs is 1. The Morgan fingerprint density at radius 3 is 1.97 bits per heavy atom. The van der Waals surface area contributed by atoms with E-state index in [1.165, 1.54) is 83.5 Å². The number of methoxy groups -OCH3 is 1. The van der Waals surface area contributed by atoms with Gasteiger partial charge >= 0.3 is 0 Å². The Balaban J connectivity index is 1.33. The van der Waals surface area contributed by atoms with Gasteiger partial charge in [0.15, 0.2) is 17.4 Å². The molecule has 3 heteroatoms. The van der Waals surface area contributed by atoms with Gasteiger partial charge in [-0.1, -0.05) is 32.6 Å². The first-order valence-corrected chi connectivity index (χ1v) is 12.1. The molecule has 0 amide bonds. The zero-order chi connectivity index (χ0) is 20.4. The van der Waals surface area contributed by atoms with E-state index >= 15 is 0 Å². The van der Waals surface area contributed by atoms with Crippen LogP contribution in [0.4, 0.5) is 8.78 Å². The molecule has 0 N–H and O–H groups in total. The van der Waals surface area contributed by atoms with Gasteiger partial charge in [0.2, 0.25) is 0 Å². The van der Waals surface area contributed by atoms with Gasteiger partial charge in [0.1, 0.15) is 0 Å². The molecule has 4 atom stereocenters. The molecule has 162 valence electrons. The van der Waals surface area contributed by atoms with Gasteiger partial charge in [-0.15, -0.1) is 0 Å². The molecular weight excluding hydrogens is 366 g/mol. The Hall–Kier alpha value is -1.12. The van der Waals surface area contributed by atoms with Crippen LogP contribution in [0.15, 0.2) is 12.1 Å². The average Bonchev–Trinajstić information content (AvgIpc) is 2.73. The fourth-order valence-corrected chi connectivity index (χ4v) is 7.02.